The lowest BCUT2D eigenvalue weighted by Gasteiger charge is -2.26. The average molecular weight is 512 g/mol. The van der Waals surface area contributed by atoms with Crippen LogP contribution in [0.5, 0.6) is 0 Å². The van der Waals surface area contributed by atoms with Crippen molar-refractivity contribution in [1.29, 1.82) is 0 Å². The topological polar surface area (TPSA) is 71.5 Å². The maximum absolute atomic E-state index is 13.0. The van der Waals surface area contributed by atoms with Crippen LogP contribution in [0, 0.1) is 0 Å². The highest BCUT2D eigenvalue weighted by Gasteiger charge is 2.30. The number of fused-ring (bicyclic) bond motifs is 2. The van der Waals surface area contributed by atoms with Crippen LogP contribution in [0.25, 0.3) is 20.8 Å². The zero-order chi connectivity index (χ0) is 23.7. The molecule has 2 aromatic carbocycles. The van der Waals surface area contributed by atoms with Crippen molar-refractivity contribution in [3.8, 4) is 10.6 Å². The quantitative estimate of drug-likeness (QED) is 0.338. The van der Waals surface area contributed by atoms with E-state index in [1.54, 1.807) is 29.2 Å². The molecule has 0 saturated carbocycles. The number of nitrogens with zero attached hydrogens (tertiary/aromatic N) is 2. The van der Waals surface area contributed by atoms with Crippen LogP contribution in [-0.4, -0.2) is 35.0 Å². The molecule has 174 valence electrons. The van der Waals surface area contributed by atoms with Gasteiger partial charge >= 0.3 is 6.09 Å². The molecule has 9 heteroatoms. The van der Waals surface area contributed by atoms with Gasteiger partial charge in [-0.2, -0.15) is 0 Å². The molecule has 0 spiro atoms. The van der Waals surface area contributed by atoms with Crippen molar-refractivity contribution in [2.75, 3.05) is 18.5 Å². The first-order chi connectivity index (χ1) is 16.5. The predicted octanol–water partition coefficient (Wildman–Crippen LogP) is 6.37. The summed E-state index contributed by atoms with van der Waals surface area (Å²) in [5.41, 5.74) is 3.80. The molecule has 1 aliphatic rings. The summed E-state index contributed by atoms with van der Waals surface area (Å²) < 4.78 is 6.29. The Balaban J connectivity index is 1.50. The van der Waals surface area contributed by atoms with Crippen LogP contribution >= 0.6 is 34.3 Å². The molecule has 34 heavy (non-hydrogen) atoms. The van der Waals surface area contributed by atoms with Gasteiger partial charge in [-0.15, -0.1) is 22.7 Å². The van der Waals surface area contributed by atoms with E-state index in [1.807, 2.05) is 42.5 Å². The van der Waals surface area contributed by atoms with Crippen molar-refractivity contribution in [2.45, 2.75) is 26.3 Å². The van der Waals surface area contributed by atoms with Gasteiger partial charge in [0.2, 0.25) is 5.91 Å². The second-order valence-corrected chi connectivity index (χ2v) is 10.4. The van der Waals surface area contributed by atoms with Gasteiger partial charge in [0.05, 0.1) is 29.8 Å². The Hall–Kier alpha value is -2.94. The largest absolute Gasteiger partial charge is 0.450 e. The van der Waals surface area contributed by atoms with Gasteiger partial charge in [0.25, 0.3) is 0 Å². The Morgan fingerprint density at radius 1 is 1.15 bits per heavy atom. The number of ether oxygens (including phenoxy) is 1. The van der Waals surface area contributed by atoms with Crippen LogP contribution in [0.2, 0.25) is 5.02 Å². The molecule has 6 nitrogen and oxygen atoms in total. The molecule has 5 rings (SSSR count). The molecule has 0 radical (unpaired) electrons. The summed E-state index contributed by atoms with van der Waals surface area (Å²) in [4.78, 5) is 32.9. The van der Waals surface area contributed by atoms with Gasteiger partial charge in [-0.1, -0.05) is 41.9 Å². The number of nitrogens with one attached hydrogen (secondary N) is 1. The zero-order valence-electron chi connectivity index (χ0n) is 18.5. The van der Waals surface area contributed by atoms with E-state index in [0.717, 1.165) is 41.8 Å². The third-order valence-electron chi connectivity index (χ3n) is 5.65. The maximum atomic E-state index is 13.0. The lowest BCUT2D eigenvalue weighted by molar-refractivity contribution is -0.115. The number of anilines is 1. The molecule has 0 unspecified atom stereocenters. The molecule has 0 fully saturated rings. The summed E-state index contributed by atoms with van der Waals surface area (Å²) in [5, 5.41) is 5.31. The van der Waals surface area contributed by atoms with Crippen LogP contribution in [0.4, 0.5) is 9.80 Å². The standard InChI is InChI=1S/C25H22ClN3O3S2/c1-2-32-25(31)29-12-11-16-20(14-29)34-24(28-21(30)13-15-7-3-4-8-17(15)26)22(16)23-27-18-9-5-6-10-19(18)33-23/h3-10H,2,11-14H2,1H3,(H,28,30). The number of carbonyl (C=O) groups excluding carboxylic acids is 2. The summed E-state index contributed by atoms with van der Waals surface area (Å²) in [5.74, 6) is -0.142. The normalized spacial score (nSPS) is 13.1. The van der Waals surface area contributed by atoms with Crippen molar-refractivity contribution in [3.63, 3.8) is 0 Å². The van der Waals surface area contributed by atoms with Crippen molar-refractivity contribution in [3.05, 3.63) is 69.6 Å². The monoisotopic (exact) mass is 511 g/mol. The number of benzene rings is 2. The number of para-hydroxylation sites is 1. The molecule has 0 bridgehead atoms. The number of hydrogen-bond acceptors (Lipinski definition) is 6. The Kier molecular flexibility index (Phi) is 6.54. The van der Waals surface area contributed by atoms with Gasteiger partial charge in [-0.3, -0.25) is 4.79 Å². The number of aromatic nitrogens is 1. The maximum Gasteiger partial charge on any atom is 0.410 e. The fourth-order valence-electron chi connectivity index (χ4n) is 4.05. The number of thiophene rings is 1. The van der Waals surface area contributed by atoms with Crippen LogP contribution in [0.3, 0.4) is 0 Å². The molecule has 1 aliphatic heterocycles. The summed E-state index contributed by atoms with van der Waals surface area (Å²) >= 11 is 9.37. The molecule has 2 amide bonds. The number of amides is 2. The lowest BCUT2D eigenvalue weighted by Crippen LogP contribution is -2.35. The second-order valence-electron chi connectivity index (χ2n) is 7.88. The number of carbonyl (C=O) groups is 2. The first-order valence-corrected chi connectivity index (χ1v) is 13.0. The molecular weight excluding hydrogens is 490 g/mol. The minimum atomic E-state index is -0.313. The SMILES string of the molecule is CCOC(=O)N1CCc2c(sc(NC(=O)Cc3ccccc3Cl)c2-c2nc3ccccc3s2)C1. The third-order valence-corrected chi connectivity index (χ3v) is 8.21. The Bertz CT molecular complexity index is 1350. The van der Waals surface area contributed by atoms with Gasteiger partial charge in [0.15, 0.2) is 0 Å². The Morgan fingerprint density at radius 3 is 2.74 bits per heavy atom. The average Bonchev–Trinajstić information content (AvgIpc) is 3.40. The smallest absolute Gasteiger partial charge is 0.410 e. The van der Waals surface area contributed by atoms with Crippen LogP contribution in [0.15, 0.2) is 48.5 Å². The Labute approximate surface area is 210 Å². The van der Waals surface area contributed by atoms with Crippen molar-refractivity contribution >= 4 is 61.5 Å². The van der Waals surface area contributed by atoms with Gasteiger partial charge in [-0.05, 0) is 42.7 Å². The van der Waals surface area contributed by atoms with Gasteiger partial charge in [0.1, 0.15) is 10.0 Å². The molecule has 0 atom stereocenters. The fourth-order valence-corrected chi connectivity index (χ4v) is 6.65. The molecule has 2 aromatic heterocycles. The zero-order valence-corrected chi connectivity index (χ0v) is 20.9. The highest BCUT2D eigenvalue weighted by molar-refractivity contribution is 7.22. The van der Waals surface area contributed by atoms with E-state index in [0.29, 0.717) is 31.1 Å². The molecule has 1 N–H and O–H groups in total. The highest BCUT2D eigenvalue weighted by atomic mass is 35.5. The van der Waals surface area contributed by atoms with Crippen molar-refractivity contribution in [1.82, 2.24) is 9.88 Å². The second kappa shape index (κ2) is 9.74. The molecular formula is C25H22ClN3O3S2. The minimum Gasteiger partial charge on any atom is -0.450 e. The Morgan fingerprint density at radius 2 is 1.94 bits per heavy atom. The molecule has 3 heterocycles. The summed E-state index contributed by atoms with van der Waals surface area (Å²) in [6.07, 6.45) is 0.541. The number of rotatable bonds is 5. The van der Waals surface area contributed by atoms with Crippen molar-refractivity contribution < 1.29 is 14.3 Å². The van der Waals surface area contributed by atoms with Crippen LogP contribution in [0.1, 0.15) is 22.9 Å². The molecule has 0 saturated heterocycles. The number of thiazole rings is 1. The van der Waals surface area contributed by atoms with E-state index in [9.17, 15) is 9.59 Å². The van der Waals surface area contributed by atoms with E-state index in [1.165, 1.54) is 11.3 Å². The lowest BCUT2D eigenvalue weighted by atomic mass is 10.0. The summed E-state index contributed by atoms with van der Waals surface area (Å²) in [6, 6.07) is 15.4. The van der Waals surface area contributed by atoms with E-state index < -0.39 is 0 Å². The van der Waals surface area contributed by atoms with Gasteiger partial charge in [-0.25, -0.2) is 9.78 Å². The predicted molar refractivity (Wildman–Crippen MR) is 138 cm³/mol. The third kappa shape index (κ3) is 4.53. The van der Waals surface area contributed by atoms with Gasteiger partial charge < -0.3 is 15.0 Å². The number of halogens is 1. The van der Waals surface area contributed by atoms with E-state index in [4.69, 9.17) is 21.3 Å². The first kappa shape index (κ1) is 22.8. The number of hydrogen-bond donors (Lipinski definition) is 1. The summed E-state index contributed by atoms with van der Waals surface area (Å²) in [6.45, 7) is 3.16. The minimum absolute atomic E-state index is 0.142. The van der Waals surface area contributed by atoms with E-state index in [2.05, 4.69) is 5.32 Å². The fraction of sp³-hybridized carbons (Fsp3) is 0.240. The van der Waals surface area contributed by atoms with Crippen molar-refractivity contribution in [2.24, 2.45) is 0 Å². The first-order valence-electron chi connectivity index (χ1n) is 11.0. The van der Waals surface area contributed by atoms with Gasteiger partial charge in [0, 0.05) is 22.0 Å². The molecule has 4 aromatic rings. The highest BCUT2D eigenvalue weighted by Crippen LogP contribution is 2.45. The van der Waals surface area contributed by atoms with E-state index >= 15 is 0 Å². The van der Waals surface area contributed by atoms with E-state index in [-0.39, 0.29) is 18.4 Å². The van der Waals surface area contributed by atoms with Crippen LogP contribution in [-0.2, 0) is 28.9 Å². The summed E-state index contributed by atoms with van der Waals surface area (Å²) in [7, 11) is 0. The van der Waals surface area contributed by atoms with Crippen LogP contribution < -0.4 is 5.32 Å². The molecule has 0 aliphatic carbocycles.